The van der Waals surface area contributed by atoms with Gasteiger partial charge in [-0.15, -0.1) is 0 Å². The first kappa shape index (κ1) is 26.4. The number of nitrogens with one attached hydrogen (secondary N) is 3. The summed E-state index contributed by atoms with van der Waals surface area (Å²) >= 11 is 0. The molecule has 7 nitrogen and oxygen atoms in total. The molecule has 3 N–H and O–H groups in total. The molecule has 0 amide bonds. The highest BCUT2D eigenvalue weighted by Crippen LogP contribution is 2.35. The number of benzene rings is 3. The van der Waals surface area contributed by atoms with E-state index < -0.39 is 0 Å². The van der Waals surface area contributed by atoms with Crippen LogP contribution >= 0.6 is 0 Å². The lowest BCUT2D eigenvalue weighted by Crippen LogP contribution is -2.14. The van der Waals surface area contributed by atoms with Gasteiger partial charge in [0.25, 0.3) is 0 Å². The Labute approximate surface area is 245 Å². The second kappa shape index (κ2) is 11.8. The Kier molecular flexibility index (Phi) is 7.41. The maximum absolute atomic E-state index is 13.2. The van der Waals surface area contributed by atoms with Crippen molar-refractivity contribution in [3.8, 4) is 33.6 Å². The van der Waals surface area contributed by atoms with Crippen LogP contribution in [0.15, 0.2) is 85.1 Å². The van der Waals surface area contributed by atoms with Gasteiger partial charge in [-0.05, 0) is 54.5 Å². The molecule has 7 rings (SSSR count). The lowest BCUT2D eigenvalue weighted by molar-refractivity contribution is 0.0467. The number of carbonyl (C=O) groups is 1. The number of aromatic amines is 2. The third-order valence-corrected chi connectivity index (χ3v) is 8.55. The summed E-state index contributed by atoms with van der Waals surface area (Å²) in [6, 6.07) is 26.9. The predicted octanol–water partition coefficient (Wildman–Crippen LogP) is 7.57. The monoisotopic (exact) mass is 557 g/mol. The molecule has 0 radical (unpaired) electrons. The average Bonchev–Trinajstić information content (AvgIpc) is 3.87. The number of esters is 1. The van der Waals surface area contributed by atoms with Gasteiger partial charge < -0.3 is 20.0 Å². The number of aromatic nitrogens is 4. The first-order valence-corrected chi connectivity index (χ1v) is 15.0. The smallest absolute Gasteiger partial charge is 0.357 e. The quantitative estimate of drug-likeness (QED) is 0.171. The average molecular weight is 558 g/mol. The van der Waals surface area contributed by atoms with Gasteiger partial charge in [-0.1, -0.05) is 91.7 Å². The number of imidazole rings is 2. The standard InChI is InChI=1S/C35H35N5O2/c41-35(42-22-23-7-2-1-3-8-23)32-31(39-33(40-32)28-9-4-5-10-28)27-18-14-25(15-19-27)24-12-16-26(17-13-24)30-21-37-34(38-30)29-11-6-20-36-29/h1-3,7-8,12-19,21,28-29,36H,4-6,9-11,20,22H2,(H,37,38)(H,39,40)/t29-/m0/s1. The fourth-order valence-corrected chi connectivity index (χ4v) is 6.18. The van der Waals surface area contributed by atoms with E-state index in [-0.39, 0.29) is 12.6 Å². The second-order valence-corrected chi connectivity index (χ2v) is 11.4. The molecule has 0 unspecified atom stereocenters. The van der Waals surface area contributed by atoms with Gasteiger partial charge in [-0.25, -0.2) is 14.8 Å². The summed E-state index contributed by atoms with van der Waals surface area (Å²) in [5.41, 5.74) is 7.31. The van der Waals surface area contributed by atoms with Gasteiger partial charge in [-0.3, -0.25) is 0 Å². The lowest BCUT2D eigenvalue weighted by Gasteiger charge is -2.07. The SMILES string of the molecule is O=C(OCc1ccccc1)c1[nH]c(C2CCCC2)nc1-c1ccc(-c2ccc(-c3cnc([C@@H]4CCCN4)[nH]3)cc2)cc1. The molecular formula is C35H35N5O2. The molecule has 212 valence electrons. The van der Waals surface area contributed by atoms with E-state index in [1.165, 1.54) is 19.3 Å². The van der Waals surface area contributed by atoms with E-state index in [2.05, 4.69) is 56.7 Å². The summed E-state index contributed by atoms with van der Waals surface area (Å²) in [6.07, 6.45) is 8.82. The molecule has 7 heteroatoms. The summed E-state index contributed by atoms with van der Waals surface area (Å²) in [5.74, 6) is 1.88. The van der Waals surface area contributed by atoms with Crippen molar-refractivity contribution in [3.05, 3.63) is 108 Å². The van der Waals surface area contributed by atoms with Gasteiger partial charge in [0.1, 0.15) is 23.9 Å². The van der Waals surface area contributed by atoms with Crippen LogP contribution in [0.5, 0.6) is 0 Å². The minimum Gasteiger partial charge on any atom is -0.456 e. The van der Waals surface area contributed by atoms with Crippen molar-refractivity contribution in [3.63, 3.8) is 0 Å². The number of ether oxygens (including phenoxy) is 1. The van der Waals surface area contributed by atoms with Crippen LogP contribution in [0.3, 0.4) is 0 Å². The Hall–Kier alpha value is -4.49. The van der Waals surface area contributed by atoms with Crippen molar-refractivity contribution in [2.75, 3.05) is 6.54 Å². The molecule has 3 aromatic carbocycles. The van der Waals surface area contributed by atoms with Crippen LogP contribution in [-0.4, -0.2) is 32.4 Å². The molecular weight excluding hydrogens is 522 g/mol. The molecule has 1 aliphatic heterocycles. The van der Waals surface area contributed by atoms with Gasteiger partial charge in [0, 0.05) is 11.5 Å². The number of hydrogen-bond acceptors (Lipinski definition) is 5. The van der Waals surface area contributed by atoms with Crippen molar-refractivity contribution < 1.29 is 9.53 Å². The molecule has 2 aliphatic rings. The van der Waals surface area contributed by atoms with E-state index in [1.54, 1.807) is 0 Å². The van der Waals surface area contributed by atoms with Crippen molar-refractivity contribution in [1.29, 1.82) is 0 Å². The van der Waals surface area contributed by atoms with Gasteiger partial charge in [0.15, 0.2) is 5.69 Å². The largest absolute Gasteiger partial charge is 0.456 e. The van der Waals surface area contributed by atoms with E-state index in [0.717, 1.165) is 71.0 Å². The molecule has 0 spiro atoms. The molecule has 2 aromatic heterocycles. The Bertz CT molecular complexity index is 1640. The summed E-state index contributed by atoms with van der Waals surface area (Å²) in [5, 5.41) is 3.50. The third kappa shape index (κ3) is 5.52. The first-order chi connectivity index (χ1) is 20.7. The summed E-state index contributed by atoms with van der Waals surface area (Å²) < 4.78 is 5.70. The number of rotatable bonds is 8. The molecule has 1 saturated heterocycles. The number of hydrogen-bond donors (Lipinski definition) is 3. The van der Waals surface area contributed by atoms with Crippen molar-refractivity contribution in [2.24, 2.45) is 0 Å². The molecule has 0 bridgehead atoms. The zero-order valence-electron chi connectivity index (χ0n) is 23.6. The Morgan fingerprint density at radius 1 is 0.762 bits per heavy atom. The third-order valence-electron chi connectivity index (χ3n) is 8.55. The van der Waals surface area contributed by atoms with E-state index in [0.29, 0.717) is 23.3 Å². The highest BCUT2D eigenvalue weighted by molar-refractivity contribution is 5.94. The van der Waals surface area contributed by atoms with Crippen LogP contribution in [0.4, 0.5) is 0 Å². The molecule has 5 aromatic rings. The molecule has 1 aliphatic carbocycles. The Balaban J connectivity index is 1.10. The zero-order valence-corrected chi connectivity index (χ0v) is 23.6. The van der Waals surface area contributed by atoms with Crippen LogP contribution < -0.4 is 5.32 Å². The van der Waals surface area contributed by atoms with E-state index in [9.17, 15) is 4.79 Å². The first-order valence-electron chi connectivity index (χ1n) is 15.0. The number of H-pyrrole nitrogens is 2. The van der Waals surface area contributed by atoms with Crippen LogP contribution in [0.1, 0.15) is 78.2 Å². The van der Waals surface area contributed by atoms with Crippen molar-refractivity contribution in [2.45, 2.75) is 57.1 Å². The van der Waals surface area contributed by atoms with Crippen molar-refractivity contribution in [1.82, 2.24) is 25.3 Å². The topological polar surface area (TPSA) is 95.7 Å². The molecule has 42 heavy (non-hydrogen) atoms. The second-order valence-electron chi connectivity index (χ2n) is 11.4. The van der Waals surface area contributed by atoms with Gasteiger partial charge in [0.2, 0.25) is 0 Å². The van der Waals surface area contributed by atoms with E-state index in [4.69, 9.17) is 9.72 Å². The molecule has 1 atom stereocenters. The predicted molar refractivity (Wildman–Crippen MR) is 164 cm³/mol. The fraction of sp³-hybridized carbons (Fsp3) is 0.286. The normalized spacial score (nSPS) is 17.1. The number of carbonyl (C=O) groups excluding carboxylic acids is 1. The lowest BCUT2D eigenvalue weighted by atomic mass is 10.0. The minimum absolute atomic E-state index is 0.225. The van der Waals surface area contributed by atoms with E-state index in [1.807, 2.05) is 48.7 Å². The molecule has 3 heterocycles. The van der Waals surface area contributed by atoms with Gasteiger partial charge >= 0.3 is 5.97 Å². The minimum atomic E-state index is -0.379. The zero-order chi connectivity index (χ0) is 28.3. The number of nitrogens with zero attached hydrogens (tertiary/aromatic N) is 2. The maximum Gasteiger partial charge on any atom is 0.357 e. The van der Waals surface area contributed by atoms with E-state index >= 15 is 0 Å². The maximum atomic E-state index is 13.2. The van der Waals surface area contributed by atoms with Crippen LogP contribution in [0, 0.1) is 0 Å². The summed E-state index contributed by atoms with van der Waals surface area (Å²) in [4.78, 5) is 29.6. The van der Waals surface area contributed by atoms with Crippen molar-refractivity contribution >= 4 is 5.97 Å². The highest BCUT2D eigenvalue weighted by Gasteiger charge is 2.26. The van der Waals surface area contributed by atoms with Crippen LogP contribution in [0.25, 0.3) is 33.6 Å². The molecule has 1 saturated carbocycles. The Morgan fingerprint density at radius 2 is 1.45 bits per heavy atom. The van der Waals surface area contributed by atoms with Crippen LogP contribution in [-0.2, 0) is 11.3 Å². The Morgan fingerprint density at radius 3 is 2.14 bits per heavy atom. The van der Waals surface area contributed by atoms with Gasteiger partial charge in [0.05, 0.1) is 17.9 Å². The van der Waals surface area contributed by atoms with Gasteiger partial charge in [-0.2, -0.15) is 0 Å². The fourth-order valence-electron chi connectivity index (χ4n) is 6.18. The summed E-state index contributed by atoms with van der Waals surface area (Å²) in [6.45, 7) is 1.28. The summed E-state index contributed by atoms with van der Waals surface area (Å²) in [7, 11) is 0. The van der Waals surface area contributed by atoms with Crippen LogP contribution in [0.2, 0.25) is 0 Å². The highest BCUT2D eigenvalue weighted by atomic mass is 16.5. The molecule has 2 fully saturated rings.